The SMILES string of the molecule is NCCSc1ccc(-c2ccc(Cl)cc2)cc1. The Morgan fingerprint density at radius 1 is 0.882 bits per heavy atom. The van der Waals surface area contributed by atoms with Gasteiger partial charge in [0, 0.05) is 22.2 Å². The molecular weight excluding hydrogens is 250 g/mol. The van der Waals surface area contributed by atoms with E-state index in [-0.39, 0.29) is 0 Å². The van der Waals surface area contributed by atoms with Gasteiger partial charge in [-0.1, -0.05) is 35.9 Å². The highest BCUT2D eigenvalue weighted by atomic mass is 35.5. The number of nitrogens with two attached hydrogens (primary N) is 1. The summed E-state index contributed by atoms with van der Waals surface area (Å²) in [6.45, 7) is 0.712. The second-order valence-corrected chi connectivity index (χ2v) is 5.27. The van der Waals surface area contributed by atoms with Gasteiger partial charge in [0.2, 0.25) is 0 Å². The predicted octanol–water partition coefficient (Wildman–Crippen LogP) is 4.06. The zero-order valence-corrected chi connectivity index (χ0v) is 11.0. The second kappa shape index (κ2) is 6.10. The van der Waals surface area contributed by atoms with E-state index in [1.54, 1.807) is 11.8 Å². The van der Waals surface area contributed by atoms with E-state index in [1.165, 1.54) is 16.0 Å². The highest BCUT2D eigenvalue weighted by Gasteiger charge is 1.98. The van der Waals surface area contributed by atoms with E-state index in [2.05, 4.69) is 24.3 Å². The van der Waals surface area contributed by atoms with Gasteiger partial charge in [0.15, 0.2) is 0 Å². The van der Waals surface area contributed by atoms with Gasteiger partial charge in [0.25, 0.3) is 0 Å². The molecule has 0 aliphatic rings. The maximum atomic E-state index is 5.87. The fraction of sp³-hybridized carbons (Fsp3) is 0.143. The van der Waals surface area contributed by atoms with Crippen LogP contribution in [0.2, 0.25) is 5.02 Å². The molecule has 0 atom stereocenters. The molecule has 0 saturated heterocycles. The van der Waals surface area contributed by atoms with Crippen molar-refractivity contribution in [2.75, 3.05) is 12.3 Å². The van der Waals surface area contributed by atoms with Crippen LogP contribution in [0.5, 0.6) is 0 Å². The van der Waals surface area contributed by atoms with Crippen molar-refractivity contribution in [3.05, 3.63) is 53.6 Å². The number of hydrogen-bond donors (Lipinski definition) is 1. The Kier molecular flexibility index (Phi) is 4.49. The topological polar surface area (TPSA) is 26.0 Å². The largest absolute Gasteiger partial charge is 0.330 e. The highest BCUT2D eigenvalue weighted by molar-refractivity contribution is 7.99. The Bertz CT molecular complexity index is 465. The minimum atomic E-state index is 0.712. The van der Waals surface area contributed by atoms with Gasteiger partial charge in [-0.2, -0.15) is 0 Å². The van der Waals surface area contributed by atoms with Gasteiger partial charge in [-0.05, 0) is 35.4 Å². The van der Waals surface area contributed by atoms with Gasteiger partial charge in [-0.25, -0.2) is 0 Å². The van der Waals surface area contributed by atoms with Crippen LogP contribution in [-0.4, -0.2) is 12.3 Å². The standard InChI is InChI=1S/C14H14ClNS/c15-13-5-1-11(2-6-13)12-3-7-14(8-4-12)17-10-9-16/h1-8H,9-10,16H2. The summed E-state index contributed by atoms with van der Waals surface area (Å²) in [6.07, 6.45) is 0. The van der Waals surface area contributed by atoms with Gasteiger partial charge in [-0.15, -0.1) is 11.8 Å². The summed E-state index contributed by atoms with van der Waals surface area (Å²) in [4.78, 5) is 1.26. The van der Waals surface area contributed by atoms with Crippen LogP contribution in [0, 0.1) is 0 Å². The monoisotopic (exact) mass is 263 g/mol. The Balaban J connectivity index is 2.14. The molecule has 17 heavy (non-hydrogen) atoms. The van der Waals surface area contributed by atoms with E-state index in [9.17, 15) is 0 Å². The maximum Gasteiger partial charge on any atom is 0.0406 e. The minimum Gasteiger partial charge on any atom is -0.330 e. The first kappa shape index (κ1) is 12.5. The van der Waals surface area contributed by atoms with Crippen molar-refractivity contribution in [2.24, 2.45) is 5.73 Å². The van der Waals surface area contributed by atoms with Crippen molar-refractivity contribution in [3.63, 3.8) is 0 Å². The number of benzene rings is 2. The summed E-state index contributed by atoms with van der Waals surface area (Å²) in [5.74, 6) is 0.959. The predicted molar refractivity (Wildman–Crippen MR) is 76.7 cm³/mol. The van der Waals surface area contributed by atoms with Crippen molar-refractivity contribution < 1.29 is 0 Å². The van der Waals surface area contributed by atoms with Crippen LogP contribution in [0.25, 0.3) is 11.1 Å². The Hall–Kier alpha value is -0.960. The molecule has 0 unspecified atom stereocenters. The summed E-state index contributed by atoms with van der Waals surface area (Å²) < 4.78 is 0. The van der Waals surface area contributed by atoms with Crippen LogP contribution in [0.15, 0.2) is 53.4 Å². The highest BCUT2D eigenvalue weighted by Crippen LogP contribution is 2.24. The molecule has 0 heterocycles. The third-order valence-corrected chi connectivity index (χ3v) is 3.72. The summed E-state index contributed by atoms with van der Waals surface area (Å²) in [7, 11) is 0. The molecule has 0 amide bonds. The van der Waals surface area contributed by atoms with Gasteiger partial charge >= 0.3 is 0 Å². The van der Waals surface area contributed by atoms with E-state index >= 15 is 0 Å². The molecule has 0 spiro atoms. The van der Waals surface area contributed by atoms with E-state index in [4.69, 9.17) is 17.3 Å². The third kappa shape index (κ3) is 3.50. The third-order valence-electron chi connectivity index (χ3n) is 2.42. The average molecular weight is 264 g/mol. The number of thioether (sulfide) groups is 1. The first-order chi connectivity index (χ1) is 8.29. The summed E-state index contributed by atoms with van der Waals surface area (Å²) in [5.41, 5.74) is 7.87. The van der Waals surface area contributed by atoms with E-state index in [0.717, 1.165) is 10.8 Å². The Labute approximate surface area is 111 Å². The van der Waals surface area contributed by atoms with Crippen LogP contribution < -0.4 is 5.73 Å². The first-order valence-electron chi connectivity index (χ1n) is 5.48. The lowest BCUT2D eigenvalue weighted by Crippen LogP contribution is -2.00. The van der Waals surface area contributed by atoms with Crippen LogP contribution >= 0.6 is 23.4 Å². The Morgan fingerprint density at radius 2 is 1.41 bits per heavy atom. The van der Waals surface area contributed by atoms with Crippen LogP contribution in [-0.2, 0) is 0 Å². The molecule has 1 nitrogen and oxygen atoms in total. The molecule has 0 aliphatic heterocycles. The molecule has 88 valence electrons. The zero-order valence-electron chi connectivity index (χ0n) is 9.40. The van der Waals surface area contributed by atoms with E-state index < -0.39 is 0 Å². The van der Waals surface area contributed by atoms with Crippen LogP contribution in [0.4, 0.5) is 0 Å². The molecule has 0 bridgehead atoms. The molecule has 2 aromatic carbocycles. The van der Waals surface area contributed by atoms with Crippen LogP contribution in [0.3, 0.4) is 0 Å². The lowest BCUT2D eigenvalue weighted by atomic mass is 10.1. The van der Waals surface area contributed by atoms with Gasteiger partial charge < -0.3 is 5.73 Å². The van der Waals surface area contributed by atoms with Crippen molar-refractivity contribution in [3.8, 4) is 11.1 Å². The molecular formula is C14H14ClNS. The first-order valence-corrected chi connectivity index (χ1v) is 6.85. The van der Waals surface area contributed by atoms with Crippen molar-refractivity contribution in [1.82, 2.24) is 0 Å². The molecule has 0 aromatic heterocycles. The second-order valence-electron chi connectivity index (χ2n) is 3.67. The normalized spacial score (nSPS) is 10.5. The lowest BCUT2D eigenvalue weighted by Gasteiger charge is -2.04. The van der Waals surface area contributed by atoms with Gasteiger partial charge in [0.1, 0.15) is 0 Å². The van der Waals surface area contributed by atoms with E-state index in [1.807, 2.05) is 24.3 Å². The van der Waals surface area contributed by atoms with Crippen molar-refractivity contribution >= 4 is 23.4 Å². The molecule has 0 radical (unpaired) electrons. The zero-order chi connectivity index (χ0) is 12.1. The van der Waals surface area contributed by atoms with E-state index in [0.29, 0.717) is 6.54 Å². The molecule has 2 rings (SSSR count). The molecule has 0 aliphatic carbocycles. The summed E-state index contributed by atoms with van der Waals surface area (Å²) in [6, 6.07) is 16.4. The fourth-order valence-electron chi connectivity index (χ4n) is 1.56. The number of halogens is 1. The van der Waals surface area contributed by atoms with Gasteiger partial charge in [0.05, 0.1) is 0 Å². The fourth-order valence-corrected chi connectivity index (χ4v) is 2.37. The summed E-state index contributed by atoms with van der Waals surface area (Å²) >= 11 is 7.65. The maximum absolute atomic E-state index is 5.87. The van der Waals surface area contributed by atoms with Gasteiger partial charge in [-0.3, -0.25) is 0 Å². The molecule has 3 heteroatoms. The lowest BCUT2D eigenvalue weighted by molar-refractivity contribution is 1.15. The minimum absolute atomic E-state index is 0.712. The van der Waals surface area contributed by atoms with Crippen molar-refractivity contribution in [1.29, 1.82) is 0 Å². The van der Waals surface area contributed by atoms with Crippen LogP contribution in [0.1, 0.15) is 0 Å². The average Bonchev–Trinajstić information content (AvgIpc) is 2.38. The quantitative estimate of drug-likeness (QED) is 0.842. The number of rotatable bonds is 4. The molecule has 0 saturated carbocycles. The summed E-state index contributed by atoms with van der Waals surface area (Å²) in [5, 5.41) is 0.767. The Morgan fingerprint density at radius 3 is 1.94 bits per heavy atom. The van der Waals surface area contributed by atoms with Crippen molar-refractivity contribution in [2.45, 2.75) is 4.90 Å². The number of hydrogen-bond acceptors (Lipinski definition) is 2. The molecule has 2 aromatic rings. The molecule has 0 fully saturated rings. The molecule has 2 N–H and O–H groups in total. The smallest absolute Gasteiger partial charge is 0.0406 e.